The Hall–Kier alpha value is -1.90. The molecule has 0 unspecified atom stereocenters. The molecule has 2 rings (SSSR count). The highest BCUT2D eigenvalue weighted by atomic mass is 16.3. The van der Waals surface area contributed by atoms with Gasteiger partial charge in [0.1, 0.15) is 5.76 Å². The summed E-state index contributed by atoms with van der Waals surface area (Å²) in [4.78, 5) is 24.4. The third-order valence-electron chi connectivity index (χ3n) is 5.05. The van der Waals surface area contributed by atoms with Gasteiger partial charge in [0.15, 0.2) is 0 Å². The van der Waals surface area contributed by atoms with Crippen molar-refractivity contribution in [2.75, 3.05) is 0 Å². The van der Waals surface area contributed by atoms with Crippen molar-refractivity contribution in [1.29, 1.82) is 0 Å². The Morgan fingerprint density at radius 1 is 0.769 bits per heavy atom. The molecule has 1 aromatic rings. The van der Waals surface area contributed by atoms with Gasteiger partial charge in [-0.3, -0.25) is 9.59 Å². The van der Waals surface area contributed by atoms with E-state index >= 15 is 0 Å². The Kier molecular flexibility index (Phi) is 7.19. The molecule has 0 saturated heterocycles. The molecule has 0 radical (unpaired) electrons. The summed E-state index contributed by atoms with van der Waals surface area (Å²) < 4.78 is 0. The molecule has 0 aliphatic heterocycles. The monoisotopic (exact) mass is 356 g/mol. The average molecular weight is 357 g/mol. The second kappa shape index (κ2) is 9.16. The summed E-state index contributed by atoms with van der Waals surface area (Å²) in [7, 11) is 0. The van der Waals surface area contributed by atoms with Crippen molar-refractivity contribution >= 4 is 17.3 Å². The maximum Gasteiger partial charge on any atom is 0.234 e. The van der Waals surface area contributed by atoms with Crippen LogP contribution in [-0.4, -0.2) is 16.7 Å². The molecule has 1 N–H and O–H groups in total. The fourth-order valence-corrected chi connectivity index (χ4v) is 3.49. The van der Waals surface area contributed by atoms with E-state index in [9.17, 15) is 14.7 Å². The zero-order valence-corrected chi connectivity index (χ0v) is 16.4. The van der Waals surface area contributed by atoms with Crippen molar-refractivity contribution in [2.45, 2.75) is 78.6 Å². The van der Waals surface area contributed by atoms with E-state index in [0.29, 0.717) is 28.5 Å². The first-order valence-electron chi connectivity index (χ1n) is 9.92. The third-order valence-corrected chi connectivity index (χ3v) is 5.05. The highest BCUT2D eigenvalue weighted by molar-refractivity contribution is 6.52. The van der Waals surface area contributed by atoms with E-state index in [0.717, 1.165) is 19.3 Å². The second-order valence-corrected chi connectivity index (χ2v) is 8.57. The molecular formula is C23H32O3. The molecule has 0 amide bonds. The lowest BCUT2D eigenvalue weighted by atomic mass is 9.86. The number of unbranched alkanes of at least 4 members (excludes halogenated alkanes) is 6. The van der Waals surface area contributed by atoms with Gasteiger partial charge in [-0.1, -0.05) is 83.6 Å². The zero-order valence-electron chi connectivity index (χ0n) is 16.4. The van der Waals surface area contributed by atoms with Gasteiger partial charge in [-0.25, -0.2) is 0 Å². The van der Waals surface area contributed by atoms with Crippen LogP contribution in [0, 0.1) is 5.41 Å². The van der Waals surface area contributed by atoms with Crippen molar-refractivity contribution in [3.05, 3.63) is 41.0 Å². The van der Waals surface area contributed by atoms with E-state index in [4.69, 9.17) is 0 Å². The molecule has 0 saturated carbocycles. The number of ketones is 2. The Bertz CT molecular complexity index is 677. The quantitative estimate of drug-likeness (QED) is 0.418. The lowest BCUT2D eigenvalue weighted by molar-refractivity contribution is -0.112. The molecule has 3 nitrogen and oxygen atoms in total. The highest BCUT2D eigenvalue weighted by Gasteiger charge is 2.31. The van der Waals surface area contributed by atoms with E-state index in [1.165, 1.54) is 32.1 Å². The van der Waals surface area contributed by atoms with E-state index < -0.39 is 11.6 Å². The van der Waals surface area contributed by atoms with E-state index in [1.54, 1.807) is 24.3 Å². The SMILES string of the molecule is CC(C)(C)CCCCCCCCCC1=C(O)c2ccccc2C(=O)C1=O. The largest absolute Gasteiger partial charge is 0.507 e. The van der Waals surface area contributed by atoms with Gasteiger partial charge >= 0.3 is 0 Å². The number of allylic oxidation sites excluding steroid dienone is 1. The second-order valence-electron chi connectivity index (χ2n) is 8.57. The maximum atomic E-state index is 12.3. The molecule has 0 bridgehead atoms. The van der Waals surface area contributed by atoms with Crippen LogP contribution in [0.4, 0.5) is 0 Å². The van der Waals surface area contributed by atoms with Crippen molar-refractivity contribution in [3.8, 4) is 0 Å². The van der Waals surface area contributed by atoms with Gasteiger partial charge in [-0.05, 0) is 24.7 Å². The predicted molar refractivity (Wildman–Crippen MR) is 106 cm³/mol. The van der Waals surface area contributed by atoms with Gasteiger partial charge < -0.3 is 5.11 Å². The normalized spacial score (nSPS) is 14.7. The van der Waals surface area contributed by atoms with Crippen LogP contribution < -0.4 is 0 Å². The highest BCUT2D eigenvalue weighted by Crippen LogP contribution is 2.30. The Labute approximate surface area is 157 Å². The Morgan fingerprint density at radius 3 is 1.92 bits per heavy atom. The standard InChI is InChI=1S/C23H32O3/c1-23(2,3)16-12-8-6-4-5-7-9-15-19-20(24)17-13-10-11-14-18(17)21(25)22(19)26/h10-11,13-14,24H,4-9,12,15-16H2,1-3H3. The van der Waals surface area contributed by atoms with Gasteiger partial charge in [-0.15, -0.1) is 0 Å². The van der Waals surface area contributed by atoms with E-state index in [2.05, 4.69) is 20.8 Å². The van der Waals surface area contributed by atoms with Crippen LogP contribution in [0.1, 0.15) is 94.5 Å². The minimum atomic E-state index is -0.539. The van der Waals surface area contributed by atoms with E-state index in [1.807, 2.05) is 0 Å². The lowest BCUT2D eigenvalue weighted by Gasteiger charge is -2.17. The topological polar surface area (TPSA) is 54.4 Å². The molecule has 26 heavy (non-hydrogen) atoms. The van der Waals surface area contributed by atoms with Crippen LogP contribution in [0.25, 0.3) is 5.76 Å². The molecule has 0 aromatic heterocycles. The van der Waals surface area contributed by atoms with Crippen molar-refractivity contribution < 1.29 is 14.7 Å². The molecule has 0 heterocycles. The Morgan fingerprint density at radius 2 is 1.31 bits per heavy atom. The van der Waals surface area contributed by atoms with Crippen molar-refractivity contribution in [3.63, 3.8) is 0 Å². The fourth-order valence-electron chi connectivity index (χ4n) is 3.49. The number of hydrogen-bond acceptors (Lipinski definition) is 3. The summed E-state index contributed by atoms with van der Waals surface area (Å²) in [5, 5.41) is 10.4. The number of aliphatic hydroxyl groups is 1. The molecule has 3 heteroatoms. The third kappa shape index (κ3) is 5.55. The number of Topliss-reactive ketones (excluding diaryl/α,β-unsaturated/α-hetero) is 2. The zero-order chi connectivity index (χ0) is 19.2. The molecular weight excluding hydrogens is 324 g/mol. The van der Waals surface area contributed by atoms with Gasteiger partial charge in [0.05, 0.1) is 0 Å². The van der Waals surface area contributed by atoms with E-state index in [-0.39, 0.29) is 5.76 Å². The van der Waals surface area contributed by atoms with Gasteiger partial charge in [0, 0.05) is 16.7 Å². The number of rotatable bonds is 9. The smallest absolute Gasteiger partial charge is 0.234 e. The molecule has 142 valence electrons. The summed E-state index contributed by atoms with van der Waals surface area (Å²) in [5.41, 5.74) is 1.53. The summed E-state index contributed by atoms with van der Waals surface area (Å²) in [6.45, 7) is 6.85. The number of hydrogen-bond donors (Lipinski definition) is 1. The van der Waals surface area contributed by atoms with Crippen molar-refractivity contribution in [2.24, 2.45) is 5.41 Å². The number of carbonyl (C=O) groups excluding carboxylic acids is 2. The van der Waals surface area contributed by atoms with Crippen LogP contribution >= 0.6 is 0 Å². The summed E-state index contributed by atoms with van der Waals surface area (Å²) in [6.07, 6.45) is 9.81. The lowest BCUT2D eigenvalue weighted by Crippen LogP contribution is -2.24. The van der Waals surface area contributed by atoms with Gasteiger partial charge in [0.2, 0.25) is 11.6 Å². The number of aliphatic hydroxyl groups excluding tert-OH is 1. The molecule has 0 spiro atoms. The molecule has 1 aliphatic rings. The molecule has 1 aliphatic carbocycles. The summed E-state index contributed by atoms with van der Waals surface area (Å²) >= 11 is 0. The first-order chi connectivity index (χ1) is 12.3. The van der Waals surface area contributed by atoms with Gasteiger partial charge in [-0.2, -0.15) is 0 Å². The van der Waals surface area contributed by atoms with Crippen molar-refractivity contribution in [1.82, 2.24) is 0 Å². The minimum absolute atomic E-state index is 0.00706. The summed E-state index contributed by atoms with van der Waals surface area (Å²) in [6, 6.07) is 6.79. The van der Waals surface area contributed by atoms with Crippen LogP contribution in [0.2, 0.25) is 0 Å². The molecule has 0 fully saturated rings. The predicted octanol–water partition coefficient (Wildman–Crippen LogP) is 6.28. The van der Waals surface area contributed by atoms with Crippen LogP contribution in [0.5, 0.6) is 0 Å². The minimum Gasteiger partial charge on any atom is -0.507 e. The first kappa shape index (κ1) is 20.4. The first-order valence-corrected chi connectivity index (χ1v) is 9.92. The van der Waals surface area contributed by atoms with Crippen LogP contribution in [0.3, 0.4) is 0 Å². The fraction of sp³-hybridized carbons (Fsp3) is 0.565. The summed E-state index contributed by atoms with van der Waals surface area (Å²) in [5.74, 6) is -1.04. The van der Waals surface area contributed by atoms with Crippen LogP contribution in [-0.2, 0) is 4.79 Å². The van der Waals surface area contributed by atoms with Crippen LogP contribution in [0.15, 0.2) is 29.8 Å². The van der Waals surface area contributed by atoms with Gasteiger partial charge in [0.25, 0.3) is 0 Å². The number of fused-ring (bicyclic) bond motifs is 1. The Balaban J connectivity index is 1.73. The maximum absolute atomic E-state index is 12.3. The number of carbonyl (C=O) groups is 2. The molecule has 1 aromatic carbocycles. The number of benzene rings is 1. The molecule has 0 atom stereocenters. The average Bonchev–Trinajstić information content (AvgIpc) is 2.60.